The van der Waals surface area contributed by atoms with Crippen molar-refractivity contribution in [3.05, 3.63) is 23.8 Å². The number of hydrogen-bond donors (Lipinski definition) is 2. The number of anilines is 1. The van der Waals surface area contributed by atoms with Gasteiger partial charge in [0.05, 0.1) is 24.8 Å². The van der Waals surface area contributed by atoms with Crippen molar-refractivity contribution >= 4 is 17.6 Å². The molecule has 3 N–H and O–H groups in total. The largest absolute Gasteiger partial charge is 0.505 e. The molecule has 0 radical (unpaired) electrons. The second kappa shape index (κ2) is 6.47. The summed E-state index contributed by atoms with van der Waals surface area (Å²) in [4.78, 5) is 25.7. The second-order valence-corrected chi connectivity index (χ2v) is 5.17. The fourth-order valence-electron chi connectivity index (χ4n) is 2.64. The quantitative estimate of drug-likeness (QED) is 0.500. The molecule has 0 saturated carbocycles. The number of amides is 1. The summed E-state index contributed by atoms with van der Waals surface area (Å²) in [7, 11) is 1.33. The minimum absolute atomic E-state index is 0.169. The minimum atomic E-state index is -0.337. The molecule has 1 atom stereocenters. The number of carbonyl (C=O) groups excluding carboxylic acids is 2. The van der Waals surface area contributed by atoms with Crippen molar-refractivity contribution in [1.82, 2.24) is 4.90 Å². The molecule has 6 nitrogen and oxygen atoms in total. The molecule has 0 spiro atoms. The monoisotopic (exact) mass is 292 g/mol. The SMILES string of the molecule is COC(=O)CC1CCCCN1C(=O)c1cccc(N)c1O. The van der Waals surface area contributed by atoms with Crippen LogP contribution >= 0.6 is 0 Å². The first-order chi connectivity index (χ1) is 10.0. The van der Waals surface area contributed by atoms with Gasteiger partial charge in [0.25, 0.3) is 5.91 Å². The van der Waals surface area contributed by atoms with Crippen LogP contribution < -0.4 is 5.73 Å². The molecule has 6 heteroatoms. The average Bonchev–Trinajstić information content (AvgIpc) is 2.50. The molecule has 1 fully saturated rings. The van der Waals surface area contributed by atoms with Gasteiger partial charge in [-0.05, 0) is 31.4 Å². The molecule has 0 aliphatic carbocycles. The van der Waals surface area contributed by atoms with Crippen molar-refractivity contribution in [1.29, 1.82) is 0 Å². The van der Waals surface area contributed by atoms with Crippen LogP contribution in [0, 0.1) is 0 Å². The van der Waals surface area contributed by atoms with Gasteiger partial charge in [0.1, 0.15) is 0 Å². The lowest BCUT2D eigenvalue weighted by Crippen LogP contribution is -2.44. The Morgan fingerprint density at radius 1 is 1.43 bits per heavy atom. The molecular weight excluding hydrogens is 272 g/mol. The number of phenolic OH excluding ortho intramolecular Hbond substituents is 1. The molecular formula is C15H20N2O4. The number of phenols is 1. The Morgan fingerprint density at radius 2 is 2.19 bits per heavy atom. The fourth-order valence-corrected chi connectivity index (χ4v) is 2.64. The van der Waals surface area contributed by atoms with E-state index in [1.807, 2.05) is 0 Å². The summed E-state index contributed by atoms with van der Waals surface area (Å²) in [5.41, 5.74) is 5.97. The molecule has 1 aliphatic rings. The minimum Gasteiger partial charge on any atom is -0.505 e. The van der Waals surface area contributed by atoms with E-state index in [1.54, 1.807) is 11.0 Å². The van der Waals surface area contributed by atoms with Crippen molar-refractivity contribution in [3.63, 3.8) is 0 Å². The van der Waals surface area contributed by atoms with Crippen molar-refractivity contribution in [2.24, 2.45) is 0 Å². The zero-order valence-corrected chi connectivity index (χ0v) is 12.0. The van der Waals surface area contributed by atoms with Crippen LogP contribution in [0.25, 0.3) is 0 Å². The van der Waals surface area contributed by atoms with Crippen LogP contribution in [0.3, 0.4) is 0 Å². The highest BCUT2D eigenvalue weighted by Crippen LogP contribution is 2.29. The van der Waals surface area contributed by atoms with Gasteiger partial charge < -0.3 is 20.5 Å². The highest BCUT2D eigenvalue weighted by molar-refractivity contribution is 5.98. The Hall–Kier alpha value is -2.24. The van der Waals surface area contributed by atoms with Crippen molar-refractivity contribution in [3.8, 4) is 5.75 Å². The molecule has 0 aromatic heterocycles. The predicted molar refractivity (Wildman–Crippen MR) is 77.8 cm³/mol. The highest BCUT2D eigenvalue weighted by atomic mass is 16.5. The number of methoxy groups -OCH3 is 1. The summed E-state index contributed by atoms with van der Waals surface area (Å²) in [5.74, 6) is -0.838. The number of ether oxygens (including phenoxy) is 1. The lowest BCUT2D eigenvalue weighted by molar-refractivity contribution is -0.142. The van der Waals surface area contributed by atoms with Crippen LogP contribution in [-0.4, -0.2) is 41.6 Å². The molecule has 1 amide bonds. The summed E-state index contributed by atoms with van der Waals surface area (Å²) >= 11 is 0. The van der Waals surface area contributed by atoms with Gasteiger partial charge >= 0.3 is 5.97 Å². The Balaban J connectivity index is 2.22. The van der Waals surface area contributed by atoms with E-state index in [0.29, 0.717) is 6.54 Å². The molecule has 2 rings (SSSR count). The molecule has 1 heterocycles. The smallest absolute Gasteiger partial charge is 0.307 e. The van der Waals surface area contributed by atoms with Crippen LogP contribution in [0.15, 0.2) is 18.2 Å². The number of nitrogens with zero attached hydrogens (tertiary/aromatic N) is 1. The van der Waals surface area contributed by atoms with E-state index >= 15 is 0 Å². The third kappa shape index (κ3) is 3.26. The lowest BCUT2D eigenvalue weighted by Gasteiger charge is -2.35. The third-order valence-electron chi connectivity index (χ3n) is 3.82. The van der Waals surface area contributed by atoms with Gasteiger partial charge in [-0.2, -0.15) is 0 Å². The summed E-state index contributed by atoms with van der Waals surface area (Å²) in [6, 6.07) is 4.51. The van der Waals surface area contributed by atoms with Crippen LogP contribution in [0.5, 0.6) is 5.75 Å². The number of aromatic hydroxyl groups is 1. The number of para-hydroxylation sites is 1. The molecule has 1 unspecified atom stereocenters. The number of nitrogen functional groups attached to an aromatic ring is 1. The zero-order valence-electron chi connectivity index (χ0n) is 12.0. The Labute approximate surface area is 123 Å². The van der Waals surface area contributed by atoms with Crippen LogP contribution in [0.2, 0.25) is 0 Å². The van der Waals surface area contributed by atoms with E-state index in [-0.39, 0.29) is 41.3 Å². The Kier molecular flexibility index (Phi) is 4.67. The average molecular weight is 292 g/mol. The fraction of sp³-hybridized carbons (Fsp3) is 0.467. The number of benzene rings is 1. The predicted octanol–water partition coefficient (Wildman–Crippen LogP) is 1.53. The van der Waals surface area contributed by atoms with Gasteiger partial charge in [-0.15, -0.1) is 0 Å². The van der Waals surface area contributed by atoms with E-state index in [4.69, 9.17) is 5.73 Å². The number of carbonyl (C=O) groups is 2. The molecule has 1 saturated heterocycles. The van der Waals surface area contributed by atoms with Gasteiger partial charge in [0, 0.05) is 12.6 Å². The van der Waals surface area contributed by atoms with E-state index in [9.17, 15) is 14.7 Å². The second-order valence-electron chi connectivity index (χ2n) is 5.17. The molecule has 21 heavy (non-hydrogen) atoms. The first-order valence-electron chi connectivity index (χ1n) is 7.00. The number of hydrogen-bond acceptors (Lipinski definition) is 5. The maximum atomic E-state index is 12.6. The topological polar surface area (TPSA) is 92.9 Å². The van der Waals surface area contributed by atoms with Gasteiger partial charge in [0.2, 0.25) is 0 Å². The molecule has 0 bridgehead atoms. The van der Waals surface area contributed by atoms with Crippen molar-refractivity contribution < 1.29 is 19.4 Å². The van der Waals surface area contributed by atoms with Gasteiger partial charge in [-0.3, -0.25) is 9.59 Å². The van der Waals surface area contributed by atoms with Crippen molar-refractivity contribution in [2.45, 2.75) is 31.7 Å². The summed E-state index contributed by atoms with van der Waals surface area (Å²) < 4.78 is 4.68. The van der Waals surface area contributed by atoms with E-state index < -0.39 is 0 Å². The van der Waals surface area contributed by atoms with E-state index in [1.165, 1.54) is 19.2 Å². The standard InChI is InChI=1S/C15H20N2O4/c1-21-13(18)9-10-5-2-3-8-17(10)15(20)11-6-4-7-12(16)14(11)19/h4,6-7,10,19H,2-3,5,8-9,16H2,1H3. The molecule has 1 aromatic rings. The van der Waals surface area contributed by atoms with Crippen LogP contribution in [-0.2, 0) is 9.53 Å². The maximum Gasteiger partial charge on any atom is 0.307 e. The molecule has 1 aromatic carbocycles. The first kappa shape index (κ1) is 15.2. The van der Waals surface area contributed by atoms with Crippen LogP contribution in [0.1, 0.15) is 36.0 Å². The van der Waals surface area contributed by atoms with Gasteiger partial charge in [0.15, 0.2) is 5.75 Å². The number of nitrogens with two attached hydrogens (primary N) is 1. The Morgan fingerprint density at radius 3 is 2.90 bits per heavy atom. The number of piperidine rings is 1. The number of esters is 1. The molecule has 114 valence electrons. The summed E-state index contributed by atoms with van der Waals surface area (Å²) in [5, 5.41) is 9.95. The lowest BCUT2D eigenvalue weighted by atomic mass is 9.98. The first-order valence-corrected chi connectivity index (χ1v) is 7.00. The van der Waals surface area contributed by atoms with Crippen molar-refractivity contribution in [2.75, 3.05) is 19.4 Å². The number of likely N-dealkylation sites (tertiary alicyclic amines) is 1. The highest BCUT2D eigenvalue weighted by Gasteiger charge is 2.30. The number of rotatable bonds is 3. The van der Waals surface area contributed by atoms with E-state index in [2.05, 4.69) is 4.74 Å². The summed E-state index contributed by atoms with van der Waals surface area (Å²) in [6.45, 7) is 0.564. The van der Waals surface area contributed by atoms with E-state index in [0.717, 1.165) is 19.3 Å². The Bertz CT molecular complexity index is 544. The maximum absolute atomic E-state index is 12.6. The zero-order chi connectivity index (χ0) is 15.4. The molecule has 1 aliphatic heterocycles. The van der Waals surface area contributed by atoms with Gasteiger partial charge in [-0.1, -0.05) is 6.07 Å². The van der Waals surface area contributed by atoms with Gasteiger partial charge in [-0.25, -0.2) is 0 Å². The summed E-state index contributed by atoms with van der Waals surface area (Å²) in [6.07, 6.45) is 2.77. The van der Waals surface area contributed by atoms with Crippen LogP contribution in [0.4, 0.5) is 5.69 Å². The third-order valence-corrected chi connectivity index (χ3v) is 3.82. The normalized spacial score (nSPS) is 18.3.